The third kappa shape index (κ3) is 2.14. The Morgan fingerprint density at radius 2 is 2.32 bits per heavy atom. The van der Waals surface area contributed by atoms with E-state index in [4.69, 9.17) is 0 Å². The summed E-state index contributed by atoms with van der Waals surface area (Å²) >= 11 is 0. The fourth-order valence-corrected chi connectivity index (χ4v) is 4.27. The number of carbonyl (C=O) groups is 1. The van der Waals surface area contributed by atoms with E-state index in [0.717, 1.165) is 6.29 Å². The zero-order valence-electron chi connectivity index (χ0n) is 10.2. The van der Waals surface area contributed by atoms with Crippen LogP contribution < -0.4 is 0 Å². The summed E-state index contributed by atoms with van der Waals surface area (Å²) in [6, 6.07) is 3.37. The van der Waals surface area contributed by atoms with Crippen LogP contribution in [0, 0.1) is 0 Å². The normalized spacial score (nSPS) is 21.8. The van der Waals surface area contributed by atoms with Crippen LogP contribution in [0.25, 0.3) is 5.65 Å². The van der Waals surface area contributed by atoms with E-state index in [1.54, 1.807) is 18.3 Å². The monoisotopic (exact) mass is 279 g/mol. The van der Waals surface area contributed by atoms with Gasteiger partial charge in [-0.1, -0.05) is 0 Å². The molecule has 0 N–H and O–H groups in total. The number of nitrogens with zero attached hydrogens (tertiary/aromatic N) is 3. The molecule has 0 bridgehead atoms. The lowest BCUT2D eigenvalue weighted by molar-refractivity contribution is 0.112. The predicted octanol–water partition coefficient (Wildman–Crippen LogP) is 0.661. The topological polar surface area (TPSA) is 81.4 Å². The smallest absolute Gasteiger partial charge is 0.166 e. The van der Waals surface area contributed by atoms with Crippen molar-refractivity contribution in [2.75, 3.05) is 5.75 Å². The SMILES string of the molecule is O=Cc1cccn2nc(CC3CCCS3(=O)=O)nc12. The highest BCUT2D eigenvalue weighted by Crippen LogP contribution is 2.23. The maximum Gasteiger partial charge on any atom is 0.166 e. The quantitative estimate of drug-likeness (QED) is 0.771. The minimum atomic E-state index is -3.00. The summed E-state index contributed by atoms with van der Waals surface area (Å²) in [6.07, 6.45) is 4.11. The second-order valence-corrected chi connectivity index (χ2v) is 7.11. The van der Waals surface area contributed by atoms with Gasteiger partial charge >= 0.3 is 0 Å². The van der Waals surface area contributed by atoms with E-state index in [2.05, 4.69) is 10.1 Å². The number of carbonyl (C=O) groups excluding carboxylic acids is 1. The summed E-state index contributed by atoms with van der Waals surface area (Å²) in [5, 5.41) is 3.85. The number of rotatable bonds is 3. The molecule has 1 aliphatic heterocycles. The number of hydrogen-bond donors (Lipinski definition) is 0. The lowest BCUT2D eigenvalue weighted by atomic mass is 10.2. The van der Waals surface area contributed by atoms with E-state index >= 15 is 0 Å². The van der Waals surface area contributed by atoms with Crippen molar-refractivity contribution in [2.45, 2.75) is 24.5 Å². The Morgan fingerprint density at radius 1 is 1.47 bits per heavy atom. The number of aldehydes is 1. The van der Waals surface area contributed by atoms with Gasteiger partial charge in [0, 0.05) is 12.6 Å². The minimum Gasteiger partial charge on any atom is -0.298 e. The maximum atomic E-state index is 11.8. The molecule has 1 saturated heterocycles. The molecule has 1 fully saturated rings. The van der Waals surface area contributed by atoms with Crippen molar-refractivity contribution in [3.05, 3.63) is 29.7 Å². The summed E-state index contributed by atoms with van der Waals surface area (Å²) < 4.78 is 25.1. The molecule has 0 saturated carbocycles. The summed E-state index contributed by atoms with van der Waals surface area (Å²) in [7, 11) is -3.00. The van der Waals surface area contributed by atoms with Gasteiger partial charge in [-0.25, -0.2) is 17.9 Å². The van der Waals surface area contributed by atoms with E-state index in [-0.39, 0.29) is 11.0 Å². The third-order valence-electron chi connectivity index (χ3n) is 3.44. The maximum absolute atomic E-state index is 11.8. The number of aromatic nitrogens is 3. The summed E-state index contributed by atoms with van der Waals surface area (Å²) in [5.41, 5.74) is 0.929. The van der Waals surface area contributed by atoms with Crippen LogP contribution in [0.5, 0.6) is 0 Å². The lowest BCUT2D eigenvalue weighted by Crippen LogP contribution is -2.19. The van der Waals surface area contributed by atoms with Gasteiger partial charge in [0.25, 0.3) is 0 Å². The molecule has 6 nitrogen and oxygen atoms in total. The molecule has 1 atom stereocenters. The molecule has 0 aliphatic carbocycles. The first-order chi connectivity index (χ1) is 9.10. The molecule has 1 unspecified atom stereocenters. The minimum absolute atomic E-state index is 0.255. The first kappa shape index (κ1) is 12.3. The fourth-order valence-electron chi connectivity index (χ4n) is 2.44. The van der Waals surface area contributed by atoms with Crippen LogP contribution in [-0.2, 0) is 16.3 Å². The van der Waals surface area contributed by atoms with Crippen molar-refractivity contribution >= 4 is 21.8 Å². The molecule has 2 aromatic rings. The highest BCUT2D eigenvalue weighted by Gasteiger charge is 2.32. The molecule has 19 heavy (non-hydrogen) atoms. The van der Waals surface area contributed by atoms with Gasteiger partial charge in [0.1, 0.15) is 0 Å². The van der Waals surface area contributed by atoms with Crippen molar-refractivity contribution in [1.29, 1.82) is 0 Å². The van der Waals surface area contributed by atoms with E-state index in [1.165, 1.54) is 4.52 Å². The van der Waals surface area contributed by atoms with Crippen LogP contribution in [0.4, 0.5) is 0 Å². The van der Waals surface area contributed by atoms with Gasteiger partial charge < -0.3 is 0 Å². The largest absolute Gasteiger partial charge is 0.298 e. The zero-order chi connectivity index (χ0) is 13.5. The van der Waals surface area contributed by atoms with Crippen molar-refractivity contribution in [1.82, 2.24) is 14.6 Å². The Balaban J connectivity index is 1.96. The number of sulfone groups is 1. The van der Waals surface area contributed by atoms with Gasteiger partial charge in [0.15, 0.2) is 27.6 Å². The van der Waals surface area contributed by atoms with E-state index < -0.39 is 9.84 Å². The summed E-state index contributed by atoms with van der Waals surface area (Å²) in [5.74, 6) is 0.731. The van der Waals surface area contributed by atoms with Crippen LogP contribution in [0.2, 0.25) is 0 Å². The molecule has 3 heterocycles. The molecular formula is C12H13N3O3S. The van der Waals surface area contributed by atoms with E-state index in [9.17, 15) is 13.2 Å². The van der Waals surface area contributed by atoms with Gasteiger partial charge in [-0.15, -0.1) is 0 Å². The molecule has 0 amide bonds. The predicted molar refractivity (Wildman–Crippen MR) is 68.9 cm³/mol. The number of pyridine rings is 1. The molecule has 2 aromatic heterocycles. The lowest BCUT2D eigenvalue weighted by Gasteiger charge is -2.04. The molecular weight excluding hydrogens is 266 g/mol. The average Bonchev–Trinajstić information content (AvgIpc) is 2.92. The van der Waals surface area contributed by atoms with E-state index in [1.807, 2.05) is 0 Å². The van der Waals surface area contributed by atoms with Crippen LogP contribution >= 0.6 is 0 Å². The number of hydrogen-bond acceptors (Lipinski definition) is 5. The molecule has 7 heteroatoms. The average molecular weight is 279 g/mol. The van der Waals surface area contributed by atoms with Crippen LogP contribution in [0.15, 0.2) is 18.3 Å². The highest BCUT2D eigenvalue weighted by molar-refractivity contribution is 7.92. The Kier molecular flexibility index (Phi) is 2.85. The van der Waals surface area contributed by atoms with Crippen LogP contribution in [0.3, 0.4) is 0 Å². The molecule has 3 rings (SSSR count). The van der Waals surface area contributed by atoms with Crippen LogP contribution in [-0.4, -0.2) is 40.3 Å². The van der Waals surface area contributed by atoms with E-state index in [0.29, 0.717) is 36.3 Å². The third-order valence-corrected chi connectivity index (χ3v) is 5.71. The summed E-state index contributed by atoms with van der Waals surface area (Å²) in [4.78, 5) is 15.2. The van der Waals surface area contributed by atoms with Crippen molar-refractivity contribution in [2.24, 2.45) is 0 Å². The molecule has 0 aromatic carbocycles. The van der Waals surface area contributed by atoms with Gasteiger partial charge in [0.2, 0.25) is 0 Å². The van der Waals surface area contributed by atoms with Gasteiger partial charge in [0.05, 0.1) is 16.6 Å². The molecule has 0 radical (unpaired) electrons. The van der Waals surface area contributed by atoms with Crippen molar-refractivity contribution in [3.63, 3.8) is 0 Å². The Bertz CT molecular complexity index is 736. The molecule has 100 valence electrons. The first-order valence-electron chi connectivity index (χ1n) is 6.11. The zero-order valence-corrected chi connectivity index (χ0v) is 11.0. The van der Waals surface area contributed by atoms with Crippen molar-refractivity contribution < 1.29 is 13.2 Å². The second kappa shape index (κ2) is 4.41. The standard InChI is InChI=1S/C12H13N3O3S/c16-8-9-3-1-5-15-12(9)13-11(14-15)7-10-4-2-6-19(10,17)18/h1,3,5,8,10H,2,4,6-7H2. The fraction of sp³-hybridized carbons (Fsp3) is 0.417. The van der Waals surface area contributed by atoms with Crippen molar-refractivity contribution in [3.8, 4) is 0 Å². The molecule has 0 spiro atoms. The van der Waals surface area contributed by atoms with Gasteiger partial charge in [-0.2, -0.15) is 5.10 Å². The first-order valence-corrected chi connectivity index (χ1v) is 7.83. The Hall–Kier alpha value is -1.76. The second-order valence-electron chi connectivity index (χ2n) is 4.71. The Morgan fingerprint density at radius 3 is 3.00 bits per heavy atom. The van der Waals surface area contributed by atoms with Crippen LogP contribution in [0.1, 0.15) is 29.0 Å². The summed E-state index contributed by atoms with van der Waals surface area (Å²) in [6.45, 7) is 0. The number of fused-ring (bicyclic) bond motifs is 1. The van der Waals surface area contributed by atoms with Gasteiger partial charge in [-0.3, -0.25) is 4.79 Å². The van der Waals surface area contributed by atoms with Gasteiger partial charge in [-0.05, 0) is 25.0 Å². The Labute approximate surface area is 110 Å². The highest BCUT2D eigenvalue weighted by atomic mass is 32.2. The molecule has 1 aliphatic rings.